The lowest BCUT2D eigenvalue weighted by Gasteiger charge is -1.90. The van der Waals surface area contributed by atoms with Crippen LogP contribution in [-0.2, 0) is 0 Å². The molecule has 0 unspecified atom stereocenters. The van der Waals surface area contributed by atoms with Gasteiger partial charge in [0.25, 0.3) is 0 Å². The summed E-state index contributed by atoms with van der Waals surface area (Å²) >= 11 is 0. The second-order valence-electron chi connectivity index (χ2n) is 2.15. The maximum atomic E-state index is 6.50. The van der Waals surface area contributed by atoms with Crippen molar-refractivity contribution in [3.8, 4) is 0 Å². The average molecular weight is 229 g/mol. The van der Waals surface area contributed by atoms with Gasteiger partial charge in [-0.1, -0.05) is 76.9 Å². The van der Waals surface area contributed by atoms with Gasteiger partial charge in [0, 0.05) is 0 Å². The van der Waals surface area contributed by atoms with Crippen molar-refractivity contribution in [2.75, 3.05) is 0 Å². The maximum Gasteiger partial charge on any atom is -0.0398 e. The average Bonchev–Trinajstić information content (AvgIpc) is 2.42. The van der Waals surface area contributed by atoms with Gasteiger partial charge in [-0.25, -0.2) is 5.90 Å². The standard InChI is InChI=1S/C8H10.3C2H6.H3NO/c1-7-3-5-8(2)6-4-7;4*1-2/h3-6H,1-2H3;3*1-2H3;2H,1H2. The second kappa shape index (κ2) is 29.2. The van der Waals surface area contributed by atoms with Gasteiger partial charge >= 0.3 is 0 Å². The molecular formula is C14H31NO. The molecule has 0 saturated carbocycles. The molecule has 0 amide bonds. The normalized spacial score (nSPS) is 6.12. The van der Waals surface area contributed by atoms with Crippen LogP contribution in [0.5, 0.6) is 0 Å². The Bertz CT molecular complexity index is 150. The number of rotatable bonds is 0. The highest BCUT2D eigenvalue weighted by atomic mass is 16.4. The van der Waals surface area contributed by atoms with E-state index in [2.05, 4.69) is 44.0 Å². The summed E-state index contributed by atoms with van der Waals surface area (Å²) in [6.07, 6.45) is 0. The van der Waals surface area contributed by atoms with E-state index >= 15 is 0 Å². The molecule has 3 N–H and O–H groups in total. The van der Waals surface area contributed by atoms with Gasteiger partial charge in [0.2, 0.25) is 0 Å². The summed E-state index contributed by atoms with van der Waals surface area (Å²) in [5.41, 5.74) is 2.66. The Balaban J connectivity index is -0.0000000771. The van der Waals surface area contributed by atoms with Gasteiger partial charge < -0.3 is 5.21 Å². The van der Waals surface area contributed by atoms with Crippen LogP contribution in [0.25, 0.3) is 0 Å². The molecule has 0 bridgehead atoms. The van der Waals surface area contributed by atoms with E-state index in [1.54, 1.807) is 0 Å². The van der Waals surface area contributed by atoms with Crippen molar-refractivity contribution in [2.24, 2.45) is 5.90 Å². The Morgan fingerprint density at radius 3 is 0.875 bits per heavy atom. The topological polar surface area (TPSA) is 46.2 Å². The number of nitrogens with two attached hydrogens (primary N) is 1. The van der Waals surface area contributed by atoms with Crippen LogP contribution < -0.4 is 5.90 Å². The zero-order chi connectivity index (χ0) is 14.0. The molecule has 2 nitrogen and oxygen atoms in total. The predicted molar refractivity (Wildman–Crippen MR) is 75.9 cm³/mol. The van der Waals surface area contributed by atoms with Crippen LogP contribution in [0.1, 0.15) is 52.7 Å². The van der Waals surface area contributed by atoms with Gasteiger partial charge in [-0.05, 0) is 13.8 Å². The molecule has 0 heterocycles. The Morgan fingerprint density at radius 2 is 0.750 bits per heavy atom. The molecule has 98 valence electrons. The SMILES string of the molecule is CC.CC.CC.Cc1ccc(C)cc1.NO. The van der Waals surface area contributed by atoms with Crippen LogP contribution in [-0.4, -0.2) is 5.21 Å². The summed E-state index contributed by atoms with van der Waals surface area (Å²) in [6.45, 7) is 16.2. The fraction of sp³-hybridized carbons (Fsp3) is 0.571. The molecule has 0 spiro atoms. The smallest absolute Gasteiger partial charge is 0.0398 e. The van der Waals surface area contributed by atoms with E-state index in [9.17, 15) is 0 Å². The van der Waals surface area contributed by atoms with Gasteiger partial charge in [-0.15, -0.1) is 0 Å². The lowest BCUT2D eigenvalue weighted by Crippen LogP contribution is -1.72. The van der Waals surface area contributed by atoms with Crippen LogP contribution in [0.15, 0.2) is 24.3 Å². The van der Waals surface area contributed by atoms with Gasteiger partial charge in [-0.3, -0.25) is 0 Å². The first kappa shape index (κ1) is 24.4. The lowest BCUT2D eigenvalue weighted by molar-refractivity contribution is 0.311. The molecule has 0 aliphatic carbocycles. The molecule has 1 aromatic rings. The van der Waals surface area contributed by atoms with Crippen LogP contribution in [0.2, 0.25) is 0 Å². The largest absolute Gasteiger partial charge is 0.320 e. The first-order valence-electron chi connectivity index (χ1n) is 6.08. The van der Waals surface area contributed by atoms with E-state index in [4.69, 9.17) is 5.21 Å². The molecular weight excluding hydrogens is 198 g/mol. The fourth-order valence-corrected chi connectivity index (χ4v) is 0.637. The summed E-state index contributed by atoms with van der Waals surface area (Å²) in [6, 6.07) is 8.48. The third-order valence-corrected chi connectivity index (χ3v) is 1.22. The summed E-state index contributed by atoms with van der Waals surface area (Å²) in [5.74, 6) is 3.50. The second-order valence-corrected chi connectivity index (χ2v) is 2.15. The zero-order valence-corrected chi connectivity index (χ0v) is 12.3. The Labute approximate surface area is 102 Å². The van der Waals surface area contributed by atoms with Crippen LogP contribution >= 0.6 is 0 Å². The van der Waals surface area contributed by atoms with Gasteiger partial charge in [0.15, 0.2) is 0 Å². The van der Waals surface area contributed by atoms with Crippen molar-refractivity contribution in [3.05, 3.63) is 35.4 Å². The molecule has 16 heavy (non-hydrogen) atoms. The quantitative estimate of drug-likeness (QED) is 0.632. The molecule has 1 rings (SSSR count). The van der Waals surface area contributed by atoms with Gasteiger partial charge in [-0.2, -0.15) is 0 Å². The minimum absolute atomic E-state index is 1.33. The Morgan fingerprint density at radius 1 is 0.625 bits per heavy atom. The van der Waals surface area contributed by atoms with Crippen LogP contribution in [0.4, 0.5) is 0 Å². The van der Waals surface area contributed by atoms with Gasteiger partial charge in [0.05, 0.1) is 0 Å². The highest BCUT2D eigenvalue weighted by molar-refractivity contribution is 5.19. The van der Waals surface area contributed by atoms with Crippen molar-refractivity contribution in [1.82, 2.24) is 0 Å². The summed E-state index contributed by atoms with van der Waals surface area (Å²) in [7, 11) is 0. The lowest BCUT2D eigenvalue weighted by atomic mass is 10.2. The first-order chi connectivity index (χ1) is 7.79. The Hall–Kier alpha value is -0.860. The number of hydrogen-bond acceptors (Lipinski definition) is 2. The third-order valence-electron chi connectivity index (χ3n) is 1.22. The molecule has 0 fully saturated rings. The molecule has 2 heteroatoms. The molecule has 0 radical (unpaired) electrons. The van der Waals surface area contributed by atoms with Crippen LogP contribution in [0, 0.1) is 13.8 Å². The van der Waals surface area contributed by atoms with E-state index in [0.29, 0.717) is 0 Å². The zero-order valence-electron chi connectivity index (χ0n) is 12.3. The van der Waals surface area contributed by atoms with E-state index in [1.807, 2.05) is 41.5 Å². The molecule has 1 aromatic carbocycles. The minimum Gasteiger partial charge on any atom is -0.320 e. The number of hydrogen-bond donors (Lipinski definition) is 2. The molecule has 0 aliphatic rings. The van der Waals surface area contributed by atoms with Crippen LogP contribution in [0.3, 0.4) is 0 Å². The van der Waals surface area contributed by atoms with Gasteiger partial charge in [0.1, 0.15) is 0 Å². The molecule has 0 aromatic heterocycles. The van der Waals surface area contributed by atoms with Crippen molar-refractivity contribution < 1.29 is 5.21 Å². The first-order valence-corrected chi connectivity index (χ1v) is 6.08. The maximum absolute atomic E-state index is 6.50. The van der Waals surface area contributed by atoms with Crippen molar-refractivity contribution in [3.63, 3.8) is 0 Å². The van der Waals surface area contributed by atoms with Crippen molar-refractivity contribution in [2.45, 2.75) is 55.4 Å². The molecule has 0 saturated heterocycles. The Kier molecular flexibility index (Phi) is 44.6. The van der Waals surface area contributed by atoms with E-state index in [1.165, 1.54) is 11.1 Å². The van der Waals surface area contributed by atoms with E-state index in [-0.39, 0.29) is 0 Å². The summed E-state index contributed by atoms with van der Waals surface area (Å²) < 4.78 is 0. The van der Waals surface area contributed by atoms with E-state index in [0.717, 1.165) is 0 Å². The fourth-order valence-electron chi connectivity index (χ4n) is 0.637. The highest BCUT2D eigenvalue weighted by Gasteiger charge is 1.79. The number of benzene rings is 1. The highest BCUT2D eigenvalue weighted by Crippen LogP contribution is 1.99. The van der Waals surface area contributed by atoms with Crippen molar-refractivity contribution in [1.29, 1.82) is 0 Å². The molecule has 0 atom stereocenters. The monoisotopic (exact) mass is 229 g/mol. The number of aryl methyl sites for hydroxylation is 2. The minimum atomic E-state index is 1.33. The molecule has 0 aliphatic heterocycles. The predicted octanol–water partition coefficient (Wildman–Crippen LogP) is 4.72. The summed E-state index contributed by atoms with van der Waals surface area (Å²) in [4.78, 5) is 0. The van der Waals surface area contributed by atoms with Crippen molar-refractivity contribution >= 4 is 0 Å². The third kappa shape index (κ3) is 23.2. The summed E-state index contributed by atoms with van der Waals surface area (Å²) in [5, 5.41) is 6.50. The van der Waals surface area contributed by atoms with E-state index < -0.39 is 0 Å².